The van der Waals surface area contributed by atoms with Crippen molar-refractivity contribution in [1.82, 2.24) is 4.90 Å². The first-order valence-electron chi connectivity index (χ1n) is 4.69. The van der Waals surface area contributed by atoms with Crippen LogP contribution < -0.4 is 5.73 Å². The quantitative estimate of drug-likeness (QED) is 0.300. The largest absolute Gasteiger partial charge is 0.492 e. The maximum atomic E-state index is 10.5. The standard InChI is InChI=1S/C10H17N3O3/c1-4-10(16-6-5-12(2)3)7-9(8-11)13(14)15/h4,7-8H,1,5-6,11H2,2-3H3/b9-8-,10-7+. The Balaban J connectivity index is 4.42. The fraction of sp³-hybridized carbons (Fsp3) is 0.400. The summed E-state index contributed by atoms with van der Waals surface area (Å²) in [6.45, 7) is 4.65. The van der Waals surface area contributed by atoms with E-state index in [1.165, 1.54) is 12.2 Å². The summed E-state index contributed by atoms with van der Waals surface area (Å²) in [5, 5.41) is 10.5. The van der Waals surface area contributed by atoms with Gasteiger partial charge < -0.3 is 15.4 Å². The highest BCUT2D eigenvalue weighted by molar-refractivity contribution is 5.20. The molecule has 0 fully saturated rings. The molecule has 0 aromatic rings. The summed E-state index contributed by atoms with van der Waals surface area (Å²) in [5.41, 5.74) is 4.88. The molecule has 0 amide bonds. The Morgan fingerprint density at radius 3 is 2.62 bits per heavy atom. The number of hydrogen-bond donors (Lipinski definition) is 1. The molecule has 2 N–H and O–H groups in total. The van der Waals surface area contributed by atoms with Gasteiger partial charge in [-0.2, -0.15) is 0 Å². The summed E-state index contributed by atoms with van der Waals surface area (Å²) in [6, 6.07) is 0. The molecule has 0 aliphatic heterocycles. The predicted molar refractivity (Wildman–Crippen MR) is 62.1 cm³/mol. The molecule has 0 aliphatic rings. The van der Waals surface area contributed by atoms with E-state index in [1.54, 1.807) is 0 Å². The maximum absolute atomic E-state index is 10.5. The first-order chi connectivity index (χ1) is 7.51. The Bertz CT molecular complexity index is 308. The number of nitrogens with zero attached hydrogens (tertiary/aromatic N) is 2. The van der Waals surface area contributed by atoms with E-state index in [-0.39, 0.29) is 5.70 Å². The Morgan fingerprint density at radius 2 is 2.25 bits per heavy atom. The molecule has 0 rings (SSSR count). The van der Waals surface area contributed by atoms with Crippen LogP contribution in [0.3, 0.4) is 0 Å². The minimum atomic E-state index is -0.585. The molecule has 90 valence electrons. The highest BCUT2D eigenvalue weighted by Crippen LogP contribution is 2.05. The van der Waals surface area contributed by atoms with Gasteiger partial charge in [0, 0.05) is 6.54 Å². The lowest BCUT2D eigenvalue weighted by Gasteiger charge is -2.10. The summed E-state index contributed by atoms with van der Waals surface area (Å²) < 4.78 is 5.29. The molecule has 6 nitrogen and oxygen atoms in total. The zero-order valence-electron chi connectivity index (χ0n) is 9.55. The van der Waals surface area contributed by atoms with Gasteiger partial charge >= 0.3 is 0 Å². The van der Waals surface area contributed by atoms with Crippen molar-refractivity contribution >= 4 is 0 Å². The van der Waals surface area contributed by atoms with Crippen LogP contribution in [-0.4, -0.2) is 37.1 Å². The SMILES string of the molecule is C=C/C(=C\C(=C\N)[N+](=O)[O-])OCCN(C)C. The molecule has 0 atom stereocenters. The number of allylic oxidation sites excluding steroid dienone is 2. The zero-order valence-corrected chi connectivity index (χ0v) is 9.55. The van der Waals surface area contributed by atoms with Crippen molar-refractivity contribution in [3.05, 3.63) is 46.5 Å². The van der Waals surface area contributed by atoms with Crippen LogP contribution in [0.25, 0.3) is 0 Å². The van der Waals surface area contributed by atoms with Crippen molar-refractivity contribution in [2.45, 2.75) is 0 Å². The molecule has 0 bridgehead atoms. The Labute approximate surface area is 94.8 Å². The number of ether oxygens (including phenoxy) is 1. The molecule has 6 heteroatoms. The van der Waals surface area contributed by atoms with Gasteiger partial charge in [0.25, 0.3) is 5.70 Å². The third kappa shape index (κ3) is 5.82. The minimum Gasteiger partial charge on any atom is -0.492 e. The summed E-state index contributed by atoms with van der Waals surface area (Å²) >= 11 is 0. The van der Waals surface area contributed by atoms with Gasteiger partial charge in [0.1, 0.15) is 12.4 Å². The molecule has 0 saturated heterocycles. The first-order valence-corrected chi connectivity index (χ1v) is 4.69. The van der Waals surface area contributed by atoms with Crippen LogP contribution >= 0.6 is 0 Å². The van der Waals surface area contributed by atoms with Crippen molar-refractivity contribution in [2.24, 2.45) is 5.73 Å². The third-order valence-electron chi connectivity index (χ3n) is 1.68. The van der Waals surface area contributed by atoms with Crippen LogP contribution in [0, 0.1) is 10.1 Å². The maximum Gasteiger partial charge on any atom is 0.288 e. The molecule has 0 unspecified atom stereocenters. The molecule has 0 aliphatic carbocycles. The van der Waals surface area contributed by atoms with Crippen LogP contribution in [0.15, 0.2) is 36.4 Å². The van der Waals surface area contributed by atoms with Crippen LogP contribution in [-0.2, 0) is 4.74 Å². The highest BCUT2D eigenvalue weighted by atomic mass is 16.6. The van der Waals surface area contributed by atoms with Crippen molar-refractivity contribution in [3.8, 4) is 0 Å². The van der Waals surface area contributed by atoms with Gasteiger partial charge in [-0.1, -0.05) is 6.58 Å². The number of nitro groups is 1. The number of hydrogen-bond acceptors (Lipinski definition) is 5. The monoisotopic (exact) mass is 227 g/mol. The lowest BCUT2D eigenvalue weighted by atomic mass is 10.3. The molecule has 0 radical (unpaired) electrons. The van der Waals surface area contributed by atoms with Crippen LogP contribution in [0.4, 0.5) is 0 Å². The Morgan fingerprint density at radius 1 is 1.62 bits per heavy atom. The zero-order chi connectivity index (χ0) is 12.6. The summed E-state index contributed by atoms with van der Waals surface area (Å²) in [7, 11) is 3.81. The van der Waals surface area contributed by atoms with Gasteiger partial charge in [0.2, 0.25) is 0 Å². The molecule has 0 aromatic carbocycles. The Hall–Kier alpha value is -1.82. The highest BCUT2D eigenvalue weighted by Gasteiger charge is 2.07. The van der Waals surface area contributed by atoms with E-state index < -0.39 is 4.92 Å². The predicted octanol–water partition coefficient (Wildman–Crippen LogP) is 0.711. The normalized spacial score (nSPS) is 12.7. The topological polar surface area (TPSA) is 81.6 Å². The van der Waals surface area contributed by atoms with Gasteiger partial charge in [-0.25, -0.2) is 0 Å². The number of rotatable bonds is 7. The molecule has 0 spiro atoms. The van der Waals surface area contributed by atoms with Gasteiger partial charge in [-0.15, -0.1) is 0 Å². The molecule has 0 aromatic heterocycles. The van der Waals surface area contributed by atoms with E-state index in [4.69, 9.17) is 10.5 Å². The molecule has 0 saturated carbocycles. The summed E-state index contributed by atoms with van der Waals surface area (Å²) in [4.78, 5) is 11.8. The fourth-order valence-corrected chi connectivity index (χ4v) is 0.813. The van der Waals surface area contributed by atoms with Crippen LogP contribution in [0.1, 0.15) is 0 Å². The van der Waals surface area contributed by atoms with Crippen molar-refractivity contribution in [1.29, 1.82) is 0 Å². The van der Waals surface area contributed by atoms with Crippen LogP contribution in [0.2, 0.25) is 0 Å². The lowest BCUT2D eigenvalue weighted by molar-refractivity contribution is -0.419. The van der Waals surface area contributed by atoms with E-state index in [2.05, 4.69) is 6.58 Å². The van der Waals surface area contributed by atoms with E-state index in [0.717, 1.165) is 6.20 Å². The smallest absolute Gasteiger partial charge is 0.288 e. The Kier molecular flexibility index (Phi) is 6.62. The fourth-order valence-electron chi connectivity index (χ4n) is 0.813. The van der Waals surface area contributed by atoms with Crippen molar-refractivity contribution in [3.63, 3.8) is 0 Å². The van der Waals surface area contributed by atoms with E-state index >= 15 is 0 Å². The molecular formula is C10H17N3O3. The van der Waals surface area contributed by atoms with Gasteiger partial charge in [-0.3, -0.25) is 10.1 Å². The number of nitrogens with two attached hydrogens (primary N) is 1. The van der Waals surface area contributed by atoms with Gasteiger partial charge in [-0.05, 0) is 20.2 Å². The second-order valence-electron chi connectivity index (χ2n) is 3.25. The van der Waals surface area contributed by atoms with Crippen LogP contribution in [0.5, 0.6) is 0 Å². The molecule has 16 heavy (non-hydrogen) atoms. The molecule has 0 heterocycles. The second-order valence-corrected chi connectivity index (χ2v) is 3.25. The van der Waals surface area contributed by atoms with Gasteiger partial charge in [0.05, 0.1) is 17.2 Å². The minimum absolute atomic E-state index is 0.222. The summed E-state index contributed by atoms with van der Waals surface area (Å²) in [6.07, 6.45) is 3.56. The number of likely N-dealkylation sites (N-methyl/N-ethyl adjacent to an activating group) is 1. The average Bonchev–Trinajstić information content (AvgIpc) is 2.22. The van der Waals surface area contributed by atoms with E-state index in [1.807, 2.05) is 19.0 Å². The van der Waals surface area contributed by atoms with Gasteiger partial charge in [0.15, 0.2) is 0 Å². The summed E-state index contributed by atoms with van der Waals surface area (Å²) in [5.74, 6) is 0.329. The molecular weight excluding hydrogens is 210 g/mol. The first kappa shape index (κ1) is 14.2. The van der Waals surface area contributed by atoms with Crippen molar-refractivity contribution < 1.29 is 9.66 Å². The average molecular weight is 227 g/mol. The van der Waals surface area contributed by atoms with Crippen molar-refractivity contribution in [2.75, 3.05) is 27.2 Å². The van der Waals surface area contributed by atoms with E-state index in [9.17, 15) is 10.1 Å². The lowest BCUT2D eigenvalue weighted by Crippen LogP contribution is -2.17. The second kappa shape index (κ2) is 7.47. The third-order valence-corrected chi connectivity index (χ3v) is 1.68. The van der Waals surface area contributed by atoms with E-state index in [0.29, 0.717) is 18.9 Å².